The summed E-state index contributed by atoms with van der Waals surface area (Å²) in [6, 6.07) is 18.4. The highest BCUT2D eigenvalue weighted by Gasteiger charge is 2.28. The maximum Gasteiger partial charge on any atom is 0.263 e. The van der Waals surface area contributed by atoms with Gasteiger partial charge in [0.2, 0.25) is 0 Å². The first-order chi connectivity index (χ1) is 17.0. The van der Waals surface area contributed by atoms with Crippen LogP contribution in [0.25, 0.3) is 10.2 Å². The second-order valence-corrected chi connectivity index (χ2v) is 11.2. The van der Waals surface area contributed by atoms with Crippen LogP contribution in [0.3, 0.4) is 0 Å². The van der Waals surface area contributed by atoms with Crippen LogP contribution >= 0.6 is 23.1 Å². The van der Waals surface area contributed by atoms with Crippen LogP contribution in [-0.4, -0.2) is 22.8 Å². The molecule has 7 heteroatoms. The molecule has 2 aromatic carbocycles. The van der Waals surface area contributed by atoms with Gasteiger partial charge in [-0.25, -0.2) is 4.98 Å². The van der Waals surface area contributed by atoms with Crippen LogP contribution in [0.1, 0.15) is 35.4 Å². The molecule has 0 amide bonds. The Bertz CT molecular complexity index is 1360. The molecule has 0 saturated heterocycles. The lowest BCUT2D eigenvalue weighted by atomic mass is 9.96. The van der Waals surface area contributed by atoms with Crippen LogP contribution < -0.4 is 10.3 Å². The molecule has 35 heavy (non-hydrogen) atoms. The van der Waals surface area contributed by atoms with Crippen molar-refractivity contribution in [1.82, 2.24) is 9.55 Å². The van der Waals surface area contributed by atoms with Crippen molar-refractivity contribution in [2.75, 3.05) is 7.11 Å². The number of methoxy groups -OCH3 is 1. The number of hydrogen-bond donors (Lipinski definition) is 0. The minimum Gasteiger partial charge on any atom is -0.497 e. The smallest absolute Gasteiger partial charge is 0.263 e. The van der Waals surface area contributed by atoms with Crippen LogP contribution in [-0.2, 0) is 36.5 Å². The van der Waals surface area contributed by atoms with E-state index in [-0.39, 0.29) is 11.7 Å². The molecule has 0 saturated carbocycles. The van der Waals surface area contributed by atoms with Gasteiger partial charge < -0.3 is 9.47 Å². The van der Waals surface area contributed by atoms with Crippen molar-refractivity contribution in [2.45, 2.75) is 56.9 Å². The number of benzene rings is 2. The summed E-state index contributed by atoms with van der Waals surface area (Å²) in [6.45, 7) is 5.52. The first kappa shape index (κ1) is 24.1. The molecule has 5 rings (SSSR count). The van der Waals surface area contributed by atoms with Gasteiger partial charge in [0, 0.05) is 23.6 Å². The van der Waals surface area contributed by atoms with Gasteiger partial charge in [-0.1, -0.05) is 68.1 Å². The molecule has 0 fully saturated rings. The SMILES string of the molecule is COc1ccc(CSc2nc3sc4c(c3c(=O)n2CCc2ccccc2)C[C@H](C(C)C)OC4)cc1. The van der Waals surface area contributed by atoms with E-state index in [1.165, 1.54) is 11.1 Å². The Morgan fingerprint density at radius 1 is 1.14 bits per heavy atom. The maximum atomic E-state index is 13.9. The number of aromatic nitrogens is 2. The van der Waals surface area contributed by atoms with Crippen molar-refractivity contribution in [1.29, 1.82) is 0 Å². The molecule has 1 aliphatic rings. The van der Waals surface area contributed by atoms with Gasteiger partial charge in [-0.2, -0.15) is 0 Å². The van der Waals surface area contributed by atoms with Crippen LogP contribution in [0.4, 0.5) is 0 Å². The molecular formula is C28H30N2O3S2. The van der Waals surface area contributed by atoms with E-state index >= 15 is 0 Å². The fourth-order valence-electron chi connectivity index (χ4n) is 4.43. The highest BCUT2D eigenvalue weighted by atomic mass is 32.2. The molecule has 1 aliphatic heterocycles. The minimum absolute atomic E-state index is 0.0741. The summed E-state index contributed by atoms with van der Waals surface area (Å²) in [6.07, 6.45) is 1.70. The Balaban J connectivity index is 1.51. The van der Waals surface area contributed by atoms with Crippen molar-refractivity contribution >= 4 is 33.3 Å². The summed E-state index contributed by atoms with van der Waals surface area (Å²) < 4.78 is 13.2. The number of aryl methyl sites for hydroxylation is 1. The van der Waals surface area contributed by atoms with Gasteiger partial charge in [0.25, 0.3) is 5.56 Å². The monoisotopic (exact) mass is 506 g/mol. The second kappa shape index (κ2) is 10.6. The predicted octanol–water partition coefficient (Wildman–Crippen LogP) is 6.10. The van der Waals surface area contributed by atoms with Crippen molar-refractivity contribution in [3.63, 3.8) is 0 Å². The fourth-order valence-corrected chi connectivity index (χ4v) is 6.58. The average Bonchev–Trinajstić information content (AvgIpc) is 3.25. The molecule has 0 unspecified atom stereocenters. The van der Waals surface area contributed by atoms with Gasteiger partial charge >= 0.3 is 0 Å². The summed E-state index contributed by atoms with van der Waals surface area (Å²) in [5.74, 6) is 1.98. The number of nitrogens with zero attached hydrogens (tertiary/aromatic N) is 2. The third-order valence-corrected chi connectivity index (χ3v) is 8.68. The first-order valence-corrected chi connectivity index (χ1v) is 13.8. The molecule has 3 heterocycles. The predicted molar refractivity (Wildman–Crippen MR) is 144 cm³/mol. The third kappa shape index (κ3) is 5.17. The van der Waals surface area contributed by atoms with Crippen LogP contribution in [0.15, 0.2) is 64.5 Å². The lowest BCUT2D eigenvalue weighted by Gasteiger charge is -2.26. The van der Waals surface area contributed by atoms with E-state index in [9.17, 15) is 4.79 Å². The standard InChI is InChI=1S/C28H30N2O3S2/c1-18(2)23-15-22-24(16-33-23)35-26-25(22)27(31)30(14-13-19-7-5-4-6-8-19)28(29-26)34-17-20-9-11-21(32-3)12-10-20/h4-12,18,23H,13-17H2,1-3H3/t23-/m1/s1. The molecule has 0 radical (unpaired) electrons. The number of rotatable bonds is 8. The highest BCUT2D eigenvalue weighted by Crippen LogP contribution is 2.36. The first-order valence-electron chi connectivity index (χ1n) is 12.0. The van der Waals surface area contributed by atoms with Crippen LogP contribution in [0.5, 0.6) is 5.75 Å². The summed E-state index contributed by atoms with van der Waals surface area (Å²) in [4.78, 5) is 21.0. The zero-order chi connectivity index (χ0) is 24.4. The van der Waals surface area contributed by atoms with Gasteiger partial charge in [0.1, 0.15) is 10.6 Å². The normalized spacial score (nSPS) is 15.5. The Kier molecular flexibility index (Phi) is 7.27. The summed E-state index contributed by atoms with van der Waals surface area (Å²) >= 11 is 3.23. The van der Waals surface area contributed by atoms with Gasteiger partial charge in [-0.05, 0) is 41.2 Å². The number of fused-ring (bicyclic) bond motifs is 3. The molecule has 0 N–H and O–H groups in total. The lowest BCUT2D eigenvalue weighted by Crippen LogP contribution is -2.29. The Labute approximate surface area is 214 Å². The van der Waals surface area contributed by atoms with Crippen LogP contribution in [0.2, 0.25) is 0 Å². The lowest BCUT2D eigenvalue weighted by molar-refractivity contribution is 0.00200. The highest BCUT2D eigenvalue weighted by molar-refractivity contribution is 7.98. The van der Waals surface area contributed by atoms with E-state index in [0.29, 0.717) is 19.1 Å². The van der Waals surface area contributed by atoms with E-state index in [0.717, 1.165) is 50.2 Å². The van der Waals surface area contributed by atoms with E-state index in [2.05, 4.69) is 38.1 Å². The number of hydrogen-bond acceptors (Lipinski definition) is 6. The van der Waals surface area contributed by atoms with Crippen molar-refractivity contribution in [3.05, 3.63) is 86.5 Å². The minimum atomic E-state index is 0.0741. The summed E-state index contributed by atoms with van der Waals surface area (Å²) in [5, 5.41) is 1.56. The largest absolute Gasteiger partial charge is 0.497 e. The van der Waals surface area contributed by atoms with E-state index in [1.807, 2.05) is 34.9 Å². The summed E-state index contributed by atoms with van der Waals surface area (Å²) in [7, 11) is 1.67. The van der Waals surface area contributed by atoms with Crippen LogP contribution in [0, 0.1) is 5.92 Å². The molecular weight excluding hydrogens is 476 g/mol. The topological polar surface area (TPSA) is 53.3 Å². The quantitative estimate of drug-likeness (QED) is 0.214. The second-order valence-electron chi connectivity index (χ2n) is 9.21. The van der Waals surface area contributed by atoms with Crippen molar-refractivity contribution in [2.24, 2.45) is 5.92 Å². The van der Waals surface area contributed by atoms with Gasteiger partial charge in [-0.3, -0.25) is 9.36 Å². The molecule has 1 atom stereocenters. The Morgan fingerprint density at radius 2 is 1.91 bits per heavy atom. The van der Waals surface area contributed by atoms with E-state index in [1.54, 1.807) is 30.2 Å². The van der Waals surface area contributed by atoms with Crippen molar-refractivity contribution in [3.8, 4) is 5.75 Å². The number of thiophene rings is 1. The fraction of sp³-hybridized carbons (Fsp3) is 0.357. The molecule has 0 aliphatic carbocycles. The van der Waals surface area contributed by atoms with Gasteiger partial charge in [0.15, 0.2) is 5.16 Å². The maximum absolute atomic E-state index is 13.9. The third-order valence-electron chi connectivity index (χ3n) is 6.53. The number of thioether (sulfide) groups is 1. The number of ether oxygens (including phenoxy) is 2. The van der Waals surface area contributed by atoms with Gasteiger partial charge in [0.05, 0.1) is 25.2 Å². The molecule has 4 aromatic rings. The molecule has 182 valence electrons. The molecule has 2 aromatic heterocycles. The van der Waals surface area contributed by atoms with Gasteiger partial charge in [-0.15, -0.1) is 11.3 Å². The molecule has 5 nitrogen and oxygen atoms in total. The summed E-state index contributed by atoms with van der Waals surface area (Å²) in [5.41, 5.74) is 3.60. The van der Waals surface area contributed by atoms with E-state index in [4.69, 9.17) is 14.5 Å². The average molecular weight is 507 g/mol. The molecule has 0 bridgehead atoms. The zero-order valence-electron chi connectivity index (χ0n) is 20.3. The molecule has 0 spiro atoms. The zero-order valence-corrected chi connectivity index (χ0v) is 22.0. The van der Waals surface area contributed by atoms with E-state index < -0.39 is 0 Å². The Hall–Kier alpha value is -2.61. The Morgan fingerprint density at radius 3 is 2.63 bits per heavy atom. The van der Waals surface area contributed by atoms with Crippen molar-refractivity contribution < 1.29 is 9.47 Å².